The van der Waals surface area contributed by atoms with Crippen molar-refractivity contribution < 1.29 is 0 Å². The summed E-state index contributed by atoms with van der Waals surface area (Å²) in [5, 5.41) is 0. The van der Waals surface area contributed by atoms with Gasteiger partial charge < -0.3 is 4.81 Å². The normalized spacial score (nSPS) is 20.5. The number of para-hydroxylation sites is 2. The van der Waals surface area contributed by atoms with Crippen LogP contribution in [-0.4, -0.2) is 6.85 Å². The molecule has 0 saturated carbocycles. The lowest BCUT2D eigenvalue weighted by molar-refractivity contribution is 0.544. The van der Waals surface area contributed by atoms with Gasteiger partial charge in [-0.15, -0.1) is 0 Å². The summed E-state index contributed by atoms with van der Waals surface area (Å²) in [4.78, 5) is 2.65. The molecule has 0 radical (unpaired) electrons. The first-order chi connectivity index (χ1) is 19.3. The van der Waals surface area contributed by atoms with Crippen LogP contribution in [0.4, 0.5) is 11.4 Å². The van der Waals surface area contributed by atoms with Gasteiger partial charge in [-0.25, -0.2) is 0 Å². The minimum Gasteiger partial charge on any atom is -0.376 e. The standard InChI is InChI=1S/C38H34BN/c1-36(2)25-15-6-7-16-26(25)38(5)27-17-8-11-21-31(27)39(32-22-14-20-30(36)35(32)38)40-33-23-12-9-18-28(33)37(3,4)29-19-10-13-24-34(29)40/h6-24H,1-5H3. The van der Waals surface area contributed by atoms with Crippen molar-refractivity contribution in [2.24, 2.45) is 0 Å². The summed E-state index contributed by atoms with van der Waals surface area (Å²) in [6.45, 7) is 12.1. The van der Waals surface area contributed by atoms with Crippen LogP contribution in [0.1, 0.15) is 73.6 Å². The molecule has 2 aliphatic heterocycles. The number of rotatable bonds is 1. The molecule has 0 saturated heterocycles. The summed E-state index contributed by atoms with van der Waals surface area (Å²) >= 11 is 0. The third-order valence-corrected chi connectivity index (χ3v) is 10.4. The largest absolute Gasteiger partial charge is 0.376 e. The number of benzene rings is 5. The van der Waals surface area contributed by atoms with Gasteiger partial charge >= 0.3 is 6.85 Å². The molecule has 1 aliphatic carbocycles. The SMILES string of the molecule is CC1(C)c2ccccc2N(B2c3ccccc3C3(C)c4ccccc4C(C)(C)c4cccc2c43)c2ccccc21. The van der Waals surface area contributed by atoms with Crippen molar-refractivity contribution >= 4 is 29.1 Å². The molecule has 0 fully saturated rings. The van der Waals surface area contributed by atoms with Crippen LogP contribution in [0.5, 0.6) is 0 Å². The minimum atomic E-state index is -0.223. The fraction of sp³-hybridized carbons (Fsp3) is 0.211. The summed E-state index contributed by atoms with van der Waals surface area (Å²) < 4.78 is 0. The zero-order chi connectivity index (χ0) is 27.4. The summed E-state index contributed by atoms with van der Waals surface area (Å²) in [7, 11) is 0. The third-order valence-electron chi connectivity index (χ3n) is 10.4. The fourth-order valence-corrected chi connectivity index (χ4v) is 8.51. The molecule has 0 aromatic heterocycles. The van der Waals surface area contributed by atoms with E-state index in [2.05, 4.69) is 155 Å². The second-order valence-corrected chi connectivity index (χ2v) is 13.1. The summed E-state index contributed by atoms with van der Waals surface area (Å²) in [6, 6.07) is 43.6. The molecule has 5 aromatic rings. The molecule has 1 nitrogen and oxygen atoms in total. The van der Waals surface area contributed by atoms with Gasteiger partial charge in [-0.1, -0.05) is 131 Å². The zero-order valence-corrected chi connectivity index (χ0v) is 24.0. The molecule has 1 atom stereocenters. The van der Waals surface area contributed by atoms with Crippen molar-refractivity contribution in [3.05, 3.63) is 154 Å². The molecule has 0 amide bonds. The Bertz CT molecular complexity index is 1800. The molecular weight excluding hydrogens is 481 g/mol. The first-order valence-electron chi connectivity index (χ1n) is 14.6. The van der Waals surface area contributed by atoms with Gasteiger partial charge in [-0.3, -0.25) is 0 Å². The maximum atomic E-state index is 2.65. The van der Waals surface area contributed by atoms with Crippen LogP contribution in [0.15, 0.2) is 115 Å². The Hall–Kier alpha value is -4.04. The highest BCUT2D eigenvalue weighted by Crippen LogP contribution is 2.54. The first-order valence-corrected chi connectivity index (χ1v) is 14.6. The topological polar surface area (TPSA) is 3.24 Å². The average Bonchev–Trinajstić information content (AvgIpc) is 2.98. The van der Waals surface area contributed by atoms with E-state index in [1.165, 1.54) is 61.2 Å². The Morgan fingerprint density at radius 3 is 1.52 bits per heavy atom. The second-order valence-electron chi connectivity index (χ2n) is 13.1. The first kappa shape index (κ1) is 23.8. The number of anilines is 2. The van der Waals surface area contributed by atoms with Crippen molar-refractivity contribution in [1.82, 2.24) is 0 Å². The lowest BCUT2D eigenvalue weighted by Gasteiger charge is -2.53. The van der Waals surface area contributed by atoms with Crippen LogP contribution < -0.4 is 15.7 Å². The highest BCUT2D eigenvalue weighted by Gasteiger charge is 2.53. The number of hydrogen-bond donors (Lipinski definition) is 0. The van der Waals surface area contributed by atoms with E-state index in [9.17, 15) is 0 Å². The predicted octanol–water partition coefficient (Wildman–Crippen LogP) is 7.58. The lowest BCUT2D eigenvalue weighted by Crippen LogP contribution is -2.65. The Kier molecular flexibility index (Phi) is 4.64. The predicted molar refractivity (Wildman–Crippen MR) is 169 cm³/mol. The van der Waals surface area contributed by atoms with Crippen LogP contribution >= 0.6 is 0 Å². The van der Waals surface area contributed by atoms with Crippen molar-refractivity contribution in [2.45, 2.75) is 50.9 Å². The van der Waals surface area contributed by atoms with Gasteiger partial charge in [0.1, 0.15) is 0 Å². The van der Waals surface area contributed by atoms with E-state index in [0.29, 0.717) is 0 Å². The zero-order valence-electron chi connectivity index (χ0n) is 24.0. The van der Waals surface area contributed by atoms with E-state index in [1.807, 2.05) is 0 Å². The van der Waals surface area contributed by atoms with E-state index in [1.54, 1.807) is 0 Å². The van der Waals surface area contributed by atoms with Crippen molar-refractivity contribution in [1.29, 1.82) is 0 Å². The molecule has 0 N–H and O–H groups in total. The van der Waals surface area contributed by atoms with E-state index in [4.69, 9.17) is 0 Å². The summed E-state index contributed by atoms with van der Waals surface area (Å²) in [5.74, 6) is 0. The van der Waals surface area contributed by atoms with Gasteiger partial charge in [-0.2, -0.15) is 0 Å². The lowest BCUT2D eigenvalue weighted by atomic mass is 9.37. The molecule has 5 aromatic carbocycles. The van der Waals surface area contributed by atoms with Crippen LogP contribution in [-0.2, 0) is 16.2 Å². The maximum Gasteiger partial charge on any atom is 0.328 e. The minimum absolute atomic E-state index is 0.0682. The number of nitrogens with zero attached hydrogens (tertiary/aromatic N) is 1. The van der Waals surface area contributed by atoms with E-state index in [0.717, 1.165) is 0 Å². The molecule has 0 spiro atoms. The molecule has 2 heterocycles. The number of fused-ring (bicyclic) bond motifs is 6. The monoisotopic (exact) mass is 515 g/mol. The fourth-order valence-electron chi connectivity index (χ4n) is 8.51. The Morgan fingerprint density at radius 1 is 0.425 bits per heavy atom. The summed E-state index contributed by atoms with van der Waals surface area (Å²) in [6.07, 6.45) is 0. The molecule has 3 aliphatic rings. The smallest absolute Gasteiger partial charge is 0.328 e. The van der Waals surface area contributed by atoms with Crippen molar-refractivity contribution in [2.75, 3.05) is 4.81 Å². The quantitative estimate of drug-likeness (QED) is 0.208. The second kappa shape index (κ2) is 7.79. The third kappa shape index (κ3) is 2.74. The van der Waals surface area contributed by atoms with Gasteiger partial charge in [0, 0.05) is 27.6 Å². The van der Waals surface area contributed by atoms with Gasteiger partial charge in [0.05, 0.1) is 0 Å². The molecule has 1 unspecified atom stereocenters. The van der Waals surface area contributed by atoms with E-state index in [-0.39, 0.29) is 23.1 Å². The van der Waals surface area contributed by atoms with E-state index >= 15 is 0 Å². The summed E-state index contributed by atoms with van der Waals surface area (Å²) in [5.41, 5.74) is 15.0. The number of hydrogen-bond acceptors (Lipinski definition) is 1. The Labute approximate surface area is 238 Å². The highest BCUT2D eigenvalue weighted by atomic mass is 15.1. The van der Waals surface area contributed by atoms with Crippen LogP contribution in [0.25, 0.3) is 0 Å². The Morgan fingerprint density at radius 2 is 0.875 bits per heavy atom. The molecule has 0 bridgehead atoms. The van der Waals surface area contributed by atoms with Gasteiger partial charge in [-0.05, 0) is 68.9 Å². The molecule has 194 valence electrons. The highest BCUT2D eigenvalue weighted by molar-refractivity contribution is 6.90. The molecule has 8 rings (SSSR count). The van der Waals surface area contributed by atoms with Gasteiger partial charge in [0.2, 0.25) is 0 Å². The van der Waals surface area contributed by atoms with Crippen LogP contribution in [0.2, 0.25) is 0 Å². The van der Waals surface area contributed by atoms with E-state index < -0.39 is 0 Å². The average molecular weight is 516 g/mol. The molecular formula is C38H34BN. The van der Waals surface area contributed by atoms with Crippen molar-refractivity contribution in [3.8, 4) is 0 Å². The van der Waals surface area contributed by atoms with Crippen molar-refractivity contribution in [3.63, 3.8) is 0 Å². The molecule has 2 heteroatoms. The van der Waals surface area contributed by atoms with Gasteiger partial charge in [0.15, 0.2) is 0 Å². The molecule has 40 heavy (non-hydrogen) atoms. The van der Waals surface area contributed by atoms with Crippen LogP contribution in [0.3, 0.4) is 0 Å². The van der Waals surface area contributed by atoms with Crippen LogP contribution in [0, 0.1) is 0 Å². The maximum absolute atomic E-state index is 2.65. The Balaban J connectivity index is 1.51. The van der Waals surface area contributed by atoms with Gasteiger partial charge in [0.25, 0.3) is 0 Å².